The Hall–Kier alpha value is -2.95. The summed E-state index contributed by atoms with van der Waals surface area (Å²) in [5, 5.41) is 10.6. The van der Waals surface area contributed by atoms with Gasteiger partial charge in [-0.1, -0.05) is 19.9 Å². The Bertz CT molecular complexity index is 916. The number of carbonyl (C=O) groups is 2. The molecule has 0 saturated heterocycles. The average molecular weight is 364 g/mol. The first-order valence-corrected chi connectivity index (χ1v) is 9.08. The van der Waals surface area contributed by atoms with E-state index in [9.17, 15) is 14.7 Å². The van der Waals surface area contributed by atoms with Gasteiger partial charge in [0.15, 0.2) is 11.5 Å². The molecule has 1 N–H and O–H groups in total. The van der Waals surface area contributed by atoms with Crippen LogP contribution in [0.5, 0.6) is 0 Å². The van der Waals surface area contributed by atoms with E-state index in [1.165, 1.54) is 4.90 Å². The molecule has 0 bridgehead atoms. The Kier molecular flexibility index (Phi) is 5.13. The summed E-state index contributed by atoms with van der Waals surface area (Å²) >= 11 is 0. The SMILES string of the molecule is Cc1ccc(N2C(=O)C(O)=C(C(=O)CC(C)C)C2c2ccncc2)cc1C. The first-order valence-electron chi connectivity index (χ1n) is 9.08. The van der Waals surface area contributed by atoms with Gasteiger partial charge in [-0.2, -0.15) is 0 Å². The van der Waals surface area contributed by atoms with Crippen molar-refractivity contribution in [2.45, 2.75) is 40.2 Å². The van der Waals surface area contributed by atoms with E-state index in [2.05, 4.69) is 4.98 Å². The Balaban J connectivity index is 2.14. The van der Waals surface area contributed by atoms with Crippen molar-refractivity contribution in [3.8, 4) is 0 Å². The van der Waals surface area contributed by atoms with E-state index in [1.54, 1.807) is 24.5 Å². The van der Waals surface area contributed by atoms with Gasteiger partial charge in [0.05, 0.1) is 11.6 Å². The van der Waals surface area contributed by atoms with Gasteiger partial charge in [0.25, 0.3) is 5.91 Å². The number of rotatable bonds is 5. The molecule has 1 aliphatic rings. The van der Waals surface area contributed by atoms with E-state index in [1.807, 2.05) is 45.9 Å². The van der Waals surface area contributed by atoms with E-state index < -0.39 is 17.7 Å². The summed E-state index contributed by atoms with van der Waals surface area (Å²) < 4.78 is 0. The zero-order chi connectivity index (χ0) is 19.7. The zero-order valence-corrected chi connectivity index (χ0v) is 16.1. The predicted octanol–water partition coefficient (Wildman–Crippen LogP) is 4.21. The number of nitrogens with zero attached hydrogens (tertiary/aromatic N) is 2. The number of hydrogen-bond acceptors (Lipinski definition) is 4. The van der Waals surface area contributed by atoms with Gasteiger partial charge in [0.2, 0.25) is 0 Å². The Morgan fingerprint density at radius 1 is 1.15 bits per heavy atom. The standard InChI is InChI=1S/C22H24N2O3/c1-13(2)11-18(25)19-20(16-7-9-23-10-8-16)24(22(27)21(19)26)17-6-5-14(3)15(4)12-17/h5-10,12-13,20,26H,11H2,1-4H3. The van der Waals surface area contributed by atoms with Crippen molar-refractivity contribution < 1.29 is 14.7 Å². The summed E-state index contributed by atoms with van der Waals surface area (Å²) in [6.07, 6.45) is 3.52. The number of anilines is 1. The lowest BCUT2D eigenvalue weighted by molar-refractivity contribution is -0.118. The van der Waals surface area contributed by atoms with Crippen molar-refractivity contribution in [3.05, 3.63) is 70.7 Å². The summed E-state index contributed by atoms with van der Waals surface area (Å²) in [4.78, 5) is 31.4. The van der Waals surface area contributed by atoms with Gasteiger partial charge in [0, 0.05) is 24.5 Å². The second kappa shape index (κ2) is 7.35. The molecule has 0 aliphatic carbocycles. The van der Waals surface area contributed by atoms with Gasteiger partial charge in [-0.05, 0) is 60.7 Å². The van der Waals surface area contributed by atoms with Gasteiger partial charge >= 0.3 is 0 Å². The maximum atomic E-state index is 12.9. The predicted molar refractivity (Wildman–Crippen MR) is 104 cm³/mol. The molecule has 5 nitrogen and oxygen atoms in total. The molecule has 140 valence electrons. The highest BCUT2D eigenvalue weighted by molar-refractivity contribution is 6.16. The van der Waals surface area contributed by atoms with Crippen molar-refractivity contribution >= 4 is 17.4 Å². The number of ketones is 1. The molecule has 1 aliphatic heterocycles. The first-order chi connectivity index (χ1) is 12.8. The van der Waals surface area contributed by atoms with Crippen LogP contribution in [0.1, 0.15) is 43.0 Å². The molecule has 27 heavy (non-hydrogen) atoms. The van der Waals surface area contributed by atoms with Gasteiger partial charge < -0.3 is 5.11 Å². The lowest BCUT2D eigenvalue weighted by atomic mass is 9.92. The molecular formula is C22H24N2O3. The molecule has 1 aromatic heterocycles. The maximum absolute atomic E-state index is 12.9. The van der Waals surface area contributed by atoms with Crippen LogP contribution in [0, 0.1) is 19.8 Å². The molecule has 3 rings (SSSR count). The van der Waals surface area contributed by atoms with Crippen molar-refractivity contribution in [2.24, 2.45) is 5.92 Å². The number of aromatic nitrogens is 1. The number of amides is 1. The minimum Gasteiger partial charge on any atom is -0.503 e. The van der Waals surface area contributed by atoms with E-state index in [4.69, 9.17) is 0 Å². The van der Waals surface area contributed by atoms with Crippen LogP contribution in [0.15, 0.2) is 54.1 Å². The molecule has 2 aromatic rings. The van der Waals surface area contributed by atoms with Gasteiger partial charge in [-0.15, -0.1) is 0 Å². The van der Waals surface area contributed by atoms with Crippen molar-refractivity contribution in [2.75, 3.05) is 4.90 Å². The van der Waals surface area contributed by atoms with Crippen LogP contribution in [-0.4, -0.2) is 21.8 Å². The maximum Gasteiger partial charge on any atom is 0.294 e. The Labute approximate surface area is 159 Å². The van der Waals surface area contributed by atoms with Crippen LogP contribution >= 0.6 is 0 Å². The first kappa shape index (κ1) is 18.8. The molecule has 0 fully saturated rings. The number of carbonyl (C=O) groups excluding carboxylic acids is 2. The number of Topliss-reactive ketones (excluding diaryl/α,β-unsaturated/α-hetero) is 1. The number of hydrogen-bond donors (Lipinski definition) is 1. The van der Waals surface area contributed by atoms with Crippen molar-refractivity contribution in [1.29, 1.82) is 0 Å². The summed E-state index contributed by atoms with van der Waals surface area (Å²) in [6.45, 7) is 7.85. The minimum absolute atomic E-state index is 0.127. The number of aliphatic hydroxyl groups excluding tert-OH is 1. The van der Waals surface area contributed by atoms with Crippen LogP contribution < -0.4 is 4.90 Å². The largest absolute Gasteiger partial charge is 0.503 e. The van der Waals surface area contributed by atoms with Gasteiger partial charge in [-0.25, -0.2) is 0 Å². The highest BCUT2D eigenvalue weighted by Gasteiger charge is 2.44. The quantitative estimate of drug-likeness (QED) is 0.862. The number of pyridine rings is 1. The molecule has 5 heteroatoms. The molecule has 1 amide bonds. The fourth-order valence-electron chi connectivity index (χ4n) is 3.37. The van der Waals surface area contributed by atoms with E-state index in [0.29, 0.717) is 5.69 Å². The van der Waals surface area contributed by atoms with E-state index in [-0.39, 0.29) is 23.7 Å². The second-order valence-corrected chi connectivity index (χ2v) is 7.41. The molecule has 0 radical (unpaired) electrons. The highest BCUT2D eigenvalue weighted by Crippen LogP contribution is 2.41. The number of aliphatic hydroxyl groups is 1. The molecule has 1 aromatic carbocycles. The monoisotopic (exact) mass is 364 g/mol. The fraction of sp³-hybridized carbons (Fsp3) is 0.318. The van der Waals surface area contributed by atoms with Crippen LogP contribution in [-0.2, 0) is 9.59 Å². The number of aryl methyl sites for hydroxylation is 2. The Morgan fingerprint density at radius 3 is 2.41 bits per heavy atom. The van der Waals surface area contributed by atoms with Crippen LogP contribution in [0.2, 0.25) is 0 Å². The van der Waals surface area contributed by atoms with Crippen molar-refractivity contribution in [1.82, 2.24) is 4.98 Å². The van der Waals surface area contributed by atoms with E-state index >= 15 is 0 Å². The third kappa shape index (κ3) is 3.50. The average Bonchev–Trinajstić information content (AvgIpc) is 2.89. The topological polar surface area (TPSA) is 70.5 Å². The smallest absolute Gasteiger partial charge is 0.294 e. The lowest BCUT2D eigenvalue weighted by Crippen LogP contribution is -2.31. The minimum atomic E-state index is -0.658. The second-order valence-electron chi connectivity index (χ2n) is 7.41. The number of benzene rings is 1. The third-order valence-corrected chi connectivity index (χ3v) is 4.89. The fourth-order valence-corrected chi connectivity index (χ4v) is 3.37. The normalized spacial score (nSPS) is 17.1. The van der Waals surface area contributed by atoms with Crippen molar-refractivity contribution in [3.63, 3.8) is 0 Å². The summed E-state index contributed by atoms with van der Waals surface area (Å²) in [6, 6.07) is 8.57. The molecule has 0 spiro atoms. The van der Waals surface area contributed by atoms with Crippen LogP contribution in [0.25, 0.3) is 0 Å². The van der Waals surface area contributed by atoms with Gasteiger partial charge in [-0.3, -0.25) is 19.5 Å². The van der Waals surface area contributed by atoms with Crippen LogP contribution in [0.3, 0.4) is 0 Å². The summed E-state index contributed by atoms with van der Waals surface area (Å²) in [5.74, 6) is -1.08. The summed E-state index contributed by atoms with van der Waals surface area (Å²) in [7, 11) is 0. The zero-order valence-electron chi connectivity index (χ0n) is 16.1. The molecule has 1 unspecified atom stereocenters. The van der Waals surface area contributed by atoms with Crippen LogP contribution in [0.4, 0.5) is 5.69 Å². The summed E-state index contributed by atoms with van der Waals surface area (Å²) in [5.41, 5.74) is 3.71. The van der Waals surface area contributed by atoms with E-state index in [0.717, 1.165) is 16.7 Å². The third-order valence-electron chi connectivity index (χ3n) is 4.89. The van der Waals surface area contributed by atoms with Gasteiger partial charge in [0.1, 0.15) is 0 Å². The highest BCUT2D eigenvalue weighted by atomic mass is 16.3. The lowest BCUT2D eigenvalue weighted by Gasteiger charge is -2.27. The molecule has 2 heterocycles. The molecule has 1 atom stereocenters. The molecule has 0 saturated carbocycles. The molecular weight excluding hydrogens is 340 g/mol. The Morgan fingerprint density at radius 2 is 1.81 bits per heavy atom.